The van der Waals surface area contributed by atoms with E-state index >= 15 is 0 Å². The van der Waals surface area contributed by atoms with E-state index in [9.17, 15) is 18.0 Å². The van der Waals surface area contributed by atoms with Crippen LogP contribution in [0.4, 0.5) is 19.0 Å². The van der Waals surface area contributed by atoms with Crippen LogP contribution in [0.15, 0.2) is 55.0 Å². The number of hydrogen-bond acceptors (Lipinski definition) is 5. The zero-order valence-corrected chi connectivity index (χ0v) is 18.6. The van der Waals surface area contributed by atoms with Crippen LogP contribution in [0.2, 0.25) is 0 Å². The van der Waals surface area contributed by atoms with Gasteiger partial charge in [0.1, 0.15) is 5.82 Å². The van der Waals surface area contributed by atoms with Crippen LogP contribution in [0.1, 0.15) is 40.7 Å². The zero-order chi connectivity index (χ0) is 23.9. The molecule has 1 aliphatic heterocycles. The Bertz CT molecular complexity index is 1200. The number of carbonyl (C=O) groups is 1. The second kappa shape index (κ2) is 8.70. The first-order chi connectivity index (χ1) is 16.3. The highest BCUT2D eigenvalue weighted by Gasteiger charge is 2.50. The van der Waals surface area contributed by atoms with Gasteiger partial charge in [-0.2, -0.15) is 13.2 Å². The molecule has 1 aromatic carbocycles. The van der Waals surface area contributed by atoms with Crippen LogP contribution in [-0.2, 0) is 6.18 Å². The summed E-state index contributed by atoms with van der Waals surface area (Å²) in [6.45, 7) is 2.26. The molecule has 0 spiro atoms. The fourth-order valence-electron chi connectivity index (χ4n) is 4.75. The lowest BCUT2D eigenvalue weighted by Gasteiger charge is -2.36. The standard InChI is InChI=1S/C25H24F3N5O/c1-15-3-6-19(23-30-8-2-9-31-23)20(11-15)24(34)33-18(5-4-16-12-21(16)33)14-32-22-13-17(7-10-29-22)25(26,27)28/h2-3,6-11,13,16,18,21H,4-5,12,14H2,1H3,(H,29,32). The highest BCUT2D eigenvalue weighted by molar-refractivity contribution is 6.01. The summed E-state index contributed by atoms with van der Waals surface area (Å²) in [6.07, 6.45) is 2.72. The number of pyridine rings is 1. The van der Waals surface area contributed by atoms with Crippen molar-refractivity contribution in [1.82, 2.24) is 19.9 Å². The van der Waals surface area contributed by atoms with Crippen molar-refractivity contribution < 1.29 is 18.0 Å². The molecule has 3 unspecified atom stereocenters. The van der Waals surface area contributed by atoms with Crippen LogP contribution in [0, 0.1) is 12.8 Å². The third-order valence-electron chi connectivity index (χ3n) is 6.56. The lowest BCUT2D eigenvalue weighted by Crippen LogP contribution is -2.48. The maximum absolute atomic E-state index is 13.9. The number of carbonyl (C=O) groups excluding carboxylic acids is 1. The molecule has 9 heteroatoms. The van der Waals surface area contributed by atoms with E-state index in [1.165, 1.54) is 0 Å². The minimum absolute atomic E-state index is 0.0952. The summed E-state index contributed by atoms with van der Waals surface area (Å²) in [5.74, 6) is 1.02. The first-order valence-corrected chi connectivity index (χ1v) is 11.3. The number of likely N-dealkylation sites (tertiary alicyclic amines) is 1. The lowest BCUT2D eigenvalue weighted by atomic mass is 9.97. The quantitative estimate of drug-likeness (QED) is 0.574. The second-order valence-electron chi connectivity index (χ2n) is 8.94. The first-order valence-electron chi connectivity index (χ1n) is 11.3. The Balaban J connectivity index is 1.41. The van der Waals surface area contributed by atoms with Gasteiger partial charge in [-0.3, -0.25) is 4.79 Å². The third kappa shape index (κ3) is 4.47. The van der Waals surface area contributed by atoms with Gasteiger partial charge in [-0.1, -0.05) is 17.7 Å². The Hall–Kier alpha value is -3.49. The van der Waals surface area contributed by atoms with E-state index in [4.69, 9.17) is 0 Å². The summed E-state index contributed by atoms with van der Waals surface area (Å²) in [5, 5.41) is 3.03. The fraction of sp³-hybridized carbons (Fsp3) is 0.360. The number of halogens is 3. The molecule has 2 aromatic heterocycles. The number of alkyl halides is 3. The summed E-state index contributed by atoms with van der Waals surface area (Å²) in [5.41, 5.74) is 1.41. The average molecular weight is 467 g/mol. The average Bonchev–Trinajstić information content (AvgIpc) is 3.62. The number of rotatable bonds is 5. The molecule has 0 radical (unpaired) electrons. The lowest BCUT2D eigenvalue weighted by molar-refractivity contribution is -0.137. The van der Waals surface area contributed by atoms with E-state index in [0.717, 1.165) is 43.2 Å². The van der Waals surface area contributed by atoms with Crippen molar-refractivity contribution >= 4 is 11.7 Å². The predicted octanol–water partition coefficient (Wildman–Crippen LogP) is 4.97. The molecule has 2 fully saturated rings. The van der Waals surface area contributed by atoms with Crippen LogP contribution < -0.4 is 5.32 Å². The molecule has 1 N–H and O–H groups in total. The second-order valence-corrected chi connectivity index (χ2v) is 8.94. The highest BCUT2D eigenvalue weighted by Crippen LogP contribution is 2.46. The SMILES string of the molecule is Cc1ccc(-c2ncccn2)c(C(=O)N2C(CNc3cc(C(F)(F)F)ccn3)CCC3CC32)c1. The molecule has 1 aliphatic carbocycles. The van der Waals surface area contributed by atoms with E-state index in [2.05, 4.69) is 20.3 Å². The predicted molar refractivity (Wildman–Crippen MR) is 121 cm³/mol. The van der Waals surface area contributed by atoms with E-state index in [-0.39, 0.29) is 23.8 Å². The molecule has 2 aliphatic rings. The van der Waals surface area contributed by atoms with Crippen LogP contribution >= 0.6 is 0 Å². The van der Waals surface area contributed by atoms with E-state index in [0.29, 0.717) is 29.4 Å². The summed E-state index contributed by atoms with van der Waals surface area (Å²) < 4.78 is 39.2. The number of anilines is 1. The van der Waals surface area contributed by atoms with Gasteiger partial charge in [0, 0.05) is 42.8 Å². The number of fused-ring (bicyclic) bond motifs is 1. The number of piperidine rings is 1. The largest absolute Gasteiger partial charge is 0.416 e. The van der Waals surface area contributed by atoms with Gasteiger partial charge in [0.15, 0.2) is 5.82 Å². The molecule has 1 saturated heterocycles. The Morgan fingerprint density at radius 3 is 2.65 bits per heavy atom. The first kappa shape index (κ1) is 22.3. The monoisotopic (exact) mass is 467 g/mol. The van der Waals surface area contributed by atoms with Gasteiger partial charge < -0.3 is 10.2 Å². The van der Waals surface area contributed by atoms with Gasteiger partial charge in [0.05, 0.1) is 11.1 Å². The molecule has 5 rings (SSSR count). The Morgan fingerprint density at radius 1 is 1.09 bits per heavy atom. The molecule has 1 saturated carbocycles. The number of nitrogens with one attached hydrogen (secondary N) is 1. The minimum atomic E-state index is -4.44. The summed E-state index contributed by atoms with van der Waals surface area (Å²) in [4.78, 5) is 28.5. The van der Waals surface area contributed by atoms with Crippen molar-refractivity contribution in [3.8, 4) is 11.4 Å². The Labute approximate surface area is 195 Å². The van der Waals surface area contributed by atoms with Crippen molar-refractivity contribution in [3.63, 3.8) is 0 Å². The number of nitrogens with zero attached hydrogens (tertiary/aromatic N) is 4. The van der Waals surface area contributed by atoms with E-state index in [1.807, 2.05) is 30.0 Å². The normalized spacial score (nSPS) is 21.6. The summed E-state index contributed by atoms with van der Waals surface area (Å²) in [6, 6.07) is 9.32. The third-order valence-corrected chi connectivity index (χ3v) is 6.56. The van der Waals surface area contributed by atoms with Gasteiger partial charge >= 0.3 is 6.18 Å². The van der Waals surface area contributed by atoms with Crippen LogP contribution in [0.5, 0.6) is 0 Å². The van der Waals surface area contributed by atoms with Gasteiger partial charge in [-0.05, 0) is 56.4 Å². The van der Waals surface area contributed by atoms with Gasteiger partial charge in [0.2, 0.25) is 0 Å². The number of aryl methyl sites for hydroxylation is 1. The number of benzene rings is 1. The Morgan fingerprint density at radius 2 is 1.88 bits per heavy atom. The maximum atomic E-state index is 13.9. The van der Waals surface area contributed by atoms with Crippen molar-refractivity contribution in [3.05, 3.63) is 71.7 Å². The molecular weight excluding hydrogens is 443 g/mol. The van der Waals surface area contributed by atoms with Crippen LogP contribution in [0.25, 0.3) is 11.4 Å². The molecule has 6 nitrogen and oxygen atoms in total. The summed E-state index contributed by atoms with van der Waals surface area (Å²) in [7, 11) is 0. The number of amides is 1. The van der Waals surface area contributed by atoms with Gasteiger partial charge in [-0.25, -0.2) is 15.0 Å². The summed E-state index contributed by atoms with van der Waals surface area (Å²) >= 11 is 0. The molecule has 34 heavy (non-hydrogen) atoms. The maximum Gasteiger partial charge on any atom is 0.416 e. The van der Waals surface area contributed by atoms with Crippen molar-refractivity contribution in [2.75, 3.05) is 11.9 Å². The van der Waals surface area contributed by atoms with Crippen LogP contribution in [-0.4, -0.2) is 44.4 Å². The molecule has 3 aromatic rings. The Kier molecular flexibility index (Phi) is 5.71. The zero-order valence-electron chi connectivity index (χ0n) is 18.6. The molecule has 3 heterocycles. The molecule has 176 valence electrons. The molecule has 0 bridgehead atoms. The topological polar surface area (TPSA) is 71.0 Å². The van der Waals surface area contributed by atoms with Gasteiger partial charge in [-0.15, -0.1) is 0 Å². The molecule has 3 atom stereocenters. The van der Waals surface area contributed by atoms with Crippen molar-refractivity contribution in [1.29, 1.82) is 0 Å². The number of hydrogen-bond donors (Lipinski definition) is 1. The molecular formula is C25H24F3N5O. The number of aromatic nitrogens is 3. The van der Waals surface area contributed by atoms with Crippen molar-refractivity contribution in [2.24, 2.45) is 5.92 Å². The van der Waals surface area contributed by atoms with Gasteiger partial charge in [0.25, 0.3) is 5.91 Å². The highest BCUT2D eigenvalue weighted by atomic mass is 19.4. The van der Waals surface area contributed by atoms with E-state index in [1.54, 1.807) is 18.5 Å². The molecule has 1 amide bonds. The minimum Gasteiger partial charge on any atom is -0.368 e. The smallest absolute Gasteiger partial charge is 0.368 e. The van der Waals surface area contributed by atoms with Crippen molar-refractivity contribution in [2.45, 2.75) is 44.4 Å². The fourth-order valence-corrected chi connectivity index (χ4v) is 4.75. The van der Waals surface area contributed by atoms with Crippen LogP contribution in [0.3, 0.4) is 0 Å². The van der Waals surface area contributed by atoms with E-state index < -0.39 is 11.7 Å².